The normalized spacial score (nSPS) is 12.2. The van der Waals surface area contributed by atoms with Crippen molar-refractivity contribution in [2.75, 3.05) is 13.7 Å². The van der Waals surface area contributed by atoms with Gasteiger partial charge in [0.15, 0.2) is 5.65 Å². The fourth-order valence-corrected chi connectivity index (χ4v) is 2.57. The lowest BCUT2D eigenvalue weighted by Crippen LogP contribution is -2.45. The second kappa shape index (κ2) is 7.21. The van der Waals surface area contributed by atoms with Crippen molar-refractivity contribution in [1.82, 2.24) is 19.7 Å². The van der Waals surface area contributed by atoms with Crippen LogP contribution in [0.3, 0.4) is 0 Å². The van der Waals surface area contributed by atoms with E-state index in [9.17, 15) is 9.59 Å². The Kier molecular flexibility index (Phi) is 5.31. The van der Waals surface area contributed by atoms with E-state index in [4.69, 9.17) is 4.74 Å². The average Bonchev–Trinajstić information content (AvgIpc) is 2.87. The predicted molar refractivity (Wildman–Crippen MR) is 85.7 cm³/mol. The van der Waals surface area contributed by atoms with Crippen LogP contribution in [0.1, 0.15) is 26.0 Å². The van der Waals surface area contributed by atoms with Crippen molar-refractivity contribution in [2.45, 2.75) is 39.8 Å². The molecule has 2 rings (SSSR count). The first-order valence-electron chi connectivity index (χ1n) is 7.65. The quantitative estimate of drug-likeness (QED) is 0.755. The highest BCUT2D eigenvalue weighted by Gasteiger charge is 2.26. The van der Waals surface area contributed by atoms with Crippen LogP contribution >= 0.6 is 0 Å². The van der Waals surface area contributed by atoms with Crippen LogP contribution < -0.4 is 0 Å². The monoisotopic (exact) mass is 318 g/mol. The molecule has 23 heavy (non-hydrogen) atoms. The number of hydrogen-bond acceptors (Lipinski definition) is 5. The first kappa shape index (κ1) is 16.9. The Bertz CT molecular complexity index is 710. The van der Waals surface area contributed by atoms with Crippen LogP contribution in [0.5, 0.6) is 0 Å². The minimum atomic E-state index is -0.622. The largest absolute Gasteiger partial charge is 0.467 e. The number of amides is 1. The Morgan fingerprint density at radius 1 is 1.43 bits per heavy atom. The van der Waals surface area contributed by atoms with Gasteiger partial charge in [-0.1, -0.05) is 6.92 Å². The minimum Gasteiger partial charge on any atom is -0.467 e. The summed E-state index contributed by atoms with van der Waals surface area (Å²) in [6.45, 7) is 6.04. The fraction of sp³-hybridized carbons (Fsp3) is 0.500. The number of fused-ring (bicyclic) bond motifs is 1. The topological polar surface area (TPSA) is 77.3 Å². The molecule has 0 aliphatic carbocycles. The van der Waals surface area contributed by atoms with Gasteiger partial charge in [0.2, 0.25) is 5.91 Å². The molecule has 1 unspecified atom stereocenters. The molecule has 1 atom stereocenters. The molecule has 7 nitrogen and oxygen atoms in total. The molecule has 0 aliphatic rings. The minimum absolute atomic E-state index is 0.0443. The van der Waals surface area contributed by atoms with Crippen LogP contribution in [0.25, 0.3) is 11.0 Å². The number of ether oxygens (including phenoxy) is 1. The van der Waals surface area contributed by atoms with Gasteiger partial charge in [0, 0.05) is 18.1 Å². The summed E-state index contributed by atoms with van der Waals surface area (Å²) < 4.78 is 6.33. The van der Waals surface area contributed by atoms with Gasteiger partial charge in [-0.2, -0.15) is 5.10 Å². The van der Waals surface area contributed by atoms with Crippen molar-refractivity contribution >= 4 is 22.9 Å². The number of carbonyl (C=O) groups is 2. The summed E-state index contributed by atoms with van der Waals surface area (Å²) in [6.07, 6.45) is 2.43. The lowest BCUT2D eigenvalue weighted by molar-refractivity contribution is -0.152. The Morgan fingerprint density at radius 3 is 2.83 bits per heavy atom. The standard InChI is InChI=1S/C16H22N4O3/c1-5-9-19(12(3)16(22)23-4)14(21)10-20-15-13(11(2)18-20)7-6-8-17-15/h6-8,12H,5,9-10H2,1-4H3. The van der Waals surface area contributed by atoms with Crippen LogP contribution in [0.2, 0.25) is 0 Å². The van der Waals surface area contributed by atoms with E-state index in [0.717, 1.165) is 17.5 Å². The van der Waals surface area contributed by atoms with Gasteiger partial charge in [-0.3, -0.25) is 4.79 Å². The third kappa shape index (κ3) is 3.49. The zero-order valence-corrected chi connectivity index (χ0v) is 13.9. The third-order valence-electron chi connectivity index (χ3n) is 3.77. The molecule has 7 heteroatoms. The molecular formula is C16H22N4O3. The molecule has 2 aromatic rings. The van der Waals surface area contributed by atoms with Crippen molar-refractivity contribution in [3.63, 3.8) is 0 Å². The predicted octanol–water partition coefficient (Wildman–Crippen LogP) is 1.54. The lowest BCUT2D eigenvalue weighted by atomic mass is 10.2. The third-order valence-corrected chi connectivity index (χ3v) is 3.77. The first-order chi connectivity index (χ1) is 11.0. The number of rotatable bonds is 6. The first-order valence-corrected chi connectivity index (χ1v) is 7.65. The summed E-state index contributed by atoms with van der Waals surface area (Å²) in [7, 11) is 1.32. The van der Waals surface area contributed by atoms with Crippen LogP contribution in [0.15, 0.2) is 18.3 Å². The van der Waals surface area contributed by atoms with Crippen molar-refractivity contribution in [1.29, 1.82) is 0 Å². The molecule has 0 radical (unpaired) electrons. The summed E-state index contributed by atoms with van der Waals surface area (Å²) in [5.41, 5.74) is 1.49. The number of nitrogens with zero attached hydrogens (tertiary/aromatic N) is 4. The van der Waals surface area contributed by atoms with E-state index in [-0.39, 0.29) is 12.5 Å². The van der Waals surface area contributed by atoms with Crippen molar-refractivity contribution < 1.29 is 14.3 Å². The number of carbonyl (C=O) groups excluding carboxylic acids is 2. The summed E-state index contributed by atoms with van der Waals surface area (Å²) in [6, 6.07) is 3.14. The molecule has 1 amide bonds. The molecule has 124 valence electrons. The van der Waals surface area contributed by atoms with E-state index >= 15 is 0 Å². The molecular weight excluding hydrogens is 296 g/mol. The van der Waals surface area contributed by atoms with E-state index in [1.807, 2.05) is 26.0 Å². The van der Waals surface area contributed by atoms with Gasteiger partial charge in [0.25, 0.3) is 0 Å². The second-order valence-electron chi connectivity index (χ2n) is 5.40. The Balaban J connectivity index is 2.25. The van der Waals surface area contributed by atoms with E-state index in [2.05, 4.69) is 10.1 Å². The number of esters is 1. The van der Waals surface area contributed by atoms with Gasteiger partial charge in [-0.15, -0.1) is 0 Å². The highest BCUT2D eigenvalue weighted by atomic mass is 16.5. The van der Waals surface area contributed by atoms with Gasteiger partial charge in [-0.25, -0.2) is 14.5 Å². The highest BCUT2D eigenvalue weighted by Crippen LogP contribution is 2.15. The Hall–Kier alpha value is -2.44. The van der Waals surface area contributed by atoms with E-state index in [1.165, 1.54) is 12.0 Å². The molecule has 0 saturated heterocycles. The van der Waals surface area contributed by atoms with Gasteiger partial charge in [-0.05, 0) is 32.4 Å². The summed E-state index contributed by atoms with van der Waals surface area (Å²) in [4.78, 5) is 30.2. The van der Waals surface area contributed by atoms with Crippen molar-refractivity contribution in [3.8, 4) is 0 Å². The fourth-order valence-electron chi connectivity index (χ4n) is 2.57. The molecule has 0 aliphatic heterocycles. The molecule has 2 heterocycles. The van der Waals surface area contributed by atoms with Crippen LogP contribution in [-0.2, 0) is 20.9 Å². The maximum Gasteiger partial charge on any atom is 0.328 e. The molecule has 0 aromatic carbocycles. The van der Waals surface area contributed by atoms with Gasteiger partial charge in [0.05, 0.1) is 12.8 Å². The van der Waals surface area contributed by atoms with Crippen LogP contribution in [0, 0.1) is 6.92 Å². The number of aryl methyl sites for hydroxylation is 1. The smallest absolute Gasteiger partial charge is 0.328 e. The maximum absolute atomic E-state index is 12.6. The van der Waals surface area contributed by atoms with Gasteiger partial charge >= 0.3 is 5.97 Å². The van der Waals surface area contributed by atoms with Crippen molar-refractivity contribution in [3.05, 3.63) is 24.0 Å². The zero-order chi connectivity index (χ0) is 17.0. The Labute approximate surface area is 135 Å². The molecule has 2 aromatic heterocycles. The molecule has 0 N–H and O–H groups in total. The average molecular weight is 318 g/mol. The molecule has 0 saturated carbocycles. The SMILES string of the molecule is CCCN(C(=O)Cn1nc(C)c2cccnc21)C(C)C(=O)OC. The van der Waals surface area contributed by atoms with Gasteiger partial charge < -0.3 is 9.64 Å². The summed E-state index contributed by atoms with van der Waals surface area (Å²) >= 11 is 0. The highest BCUT2D eigenvalue weighted by molar-refractivity contribution is 5.85. The van der Waals surface area contributed by atoms with Crippen LogP contribution in [0.4, 0.5) is 0 Å². The lowest BCUT2D eigenvalue weighted by Gasteiger charge is -2.27. The molecule has 0 fully saturated rings. The number of hydrogen-bond donors (Lipinski definition) is 0. The van der Waals surface area contributed by atoms with Crippen LogP contribution in [-0.4, -0.2) is 51.2 Å². The number of methoxy groups -OCH3 is 1. The number of pyridine rings is 1. The van der Waals surface area contributed by atoms with E-state index in [1.54, 1.807) is 17.8 Å². The number of aromatic nitrogens is 3. The molecule has 0 spiro atoms. The Morgan fingerprint density at radius 2 is 2.17 bits per heavy atom. The maximum atomic E-state index is 12.6. The van der Waals surface area contributed by atoms with Crippen molar-refractivity contribution in [2.24, 2.45) is 0 Å². The zero-order valence-electron chi connectivity index (χ0n) is 13.9. The van der Waals surface area contributed by atoms with E-state index < -0.39 is 12.0 Å². The summed E-state index contributed by atoms with van der Waals surface area (Å²) in [5.74, 6) is -0.605. The van der Waals surface area contributed by atoms with Gasteiger partial charge in [0.1, 0.15) is 12.6 Å². The van der Waals surface area contributed by atoms with E-state index in [0.29, 0.717) is 12.2 Å². The second-order valence-corrected chi connectivity index (χ2v) is 5.40. The summed E-state index contributed by atoms with van der Waals surface area (Å²) in [5, 5.41) is 5.31. The molecule has 0 bridgehead atoms.